The van der Waals surface area contributed by atoms with Crippen LogP contribution in [0.2, 0.25) is 0 Å². The second-order valence-corrected chi connectivity index (χ2v) is 6.54. The molecule has 0 aliphatic heterocycles. The zero-order chi connectivity index (χ0) is 15.8. The number of hydrogen-bond donors (Lipinski definition) is 1. The van der Waals surface area contributed by atoms with E-state index >= 15 is 0 Å². The first-order valence-corrected chi connectivity index (χ1v) is 8.67. The van der Waals surface area contributed by atoms with E-state index in [1.165, 1.54) is 37.7 Å². The van der Waals surface area contributed by atoms with Gasteiger partial charge in [-0.3, -0.25) is 0 Å². The van der Waals surface area contributed by atoms with Crippen LogP contribution in [0.5, 0.6) is 0 Å². The Morgan fingerprint density at radius 1 is 1.17 bits per heavy atom. The summed E-state index contributed by atoms with van der Waals surface area (Å²) in [5.74, 6) is 2.44. The molecule has 2 aromatic heterocycles. The molecule has 1 fully saturated rings. The lowest BCUT2D eigenvalue weighted by Gasteiger charge is -2.20. The minimum atomic E-state index is 0.500. The molecule has 0 atom stereocenters. The van der Waals surface area contributed by atoms with Gasteiger partial charge in [0.2, 0.25) is 5.95 Å². The van der Waals surface area contributed by atoms with Gasteiger partial charge in [-0.2, -0.15) is 0 Å². The molecule has 0 bridgehead atoms. The Hall–Kier alpha value is -2.17. The predicted octanol–water partition coefficient (Wildman–Crippen LogP) is 4.07. The first-order valence-electron chi connectivity index (χ1n) is 8.67. The lowest BCUT2D eigenvalue weighted by Crippen LogP contribution is -2.13. The number of fused-ring (bicyclic) bond motifs is 3. The van der Waals surface area contributed by atoms with Crippen LogP contribution < -0.4 is 5.32 Å². The van der Waals surface area contributed by atoms with Gasteiger partial charge >= 0.3 is 0 Å². The number of nitrogens with one attached hydrogen (secondary N) is 1. The van der Waals surface area contributed by atoms with Gasteiger partial charge < -0.3 is 5.32 Å². The Balaban J connectivity index is 1.98. The summed E-state index contributed by atoms with van der Waals surface area (Å²) < 4.78 is 2.15. The molecule has 0 amide bonds. The van der Waals surface area contributed by atoms with E-state index < -0.39 is 0 Å². The number of benzene rings is 1. The Labute approximate surface area is 136 Å². The van der Waals surface area contributed by atoms with Gasteiger partial charge in [0.15, 0.2) is 5.65 Å². The smallest absolute Gasteiger partial charge is 0.210 e. The molecule has 4 rings (SSSR count). The summed E-state index contributed by atoms with van der Waals surface area (Å²) in [5.41, 5.74) is 3.12. The highest BCUT2D eigenvalue weighted by molar-refractivity contribution is 5.93. The molecule has 5 heteroatoms. The fourth-order valence-corrected chi connectivity index (χ4v) is 3.67. The predicted molar refractivity (Wildman–Crippen MR) is 93.0 cm³/mol. The maximum absolute atomic E-state index is 4.83. The zero-order valence-corrected chi connectivity index (χ0v) is 13.8. The molecule has 5 nitrogen and oxygen atoms in total. The van der Waals surface area contributed by atoms with Crippen molar-refractivity contribution in [3.63, 3.8) is 0 Å². The highest BCUT2D eigenvalue weighted by atomic mass is 15.3. The molecule has 1 aliphatic carbocycles. The zero-order valence-electron chi connectivity index (χ0n) is 13.8. The normalized spacial score (nSPS) is 16.3. The third-order valence-electron chi connectivity index (χ3n) is 4.82. The fourth-order valence-electron chi connectivity index (χ4n) is 3.67. The van der Waals surface area contributed by atoms with E-state index in [0.717, 1.165) is 34.9 Å². The van der Waals surface area contributed by atoms with Crippen LogP contribution in [0.25, 0.3) is 16.6 Å². The Bertz CT molecular complexity index is 845. The number of anilines is 1. The van der Waals surface area contributed by atoms with E-state index in [0.29, 0.717) is 5.92 Å². The topological polar surface area (TPSA) is 55.1 Å². The monoisotopic (exact) mass is 309 g/mol. The van der Waals surface area contributed by atoms with E-state index in [1.54, 1.807) is 0 Å². The van der Waals surface area contributed by atoms with Crippen molar-refractivity contribution in [3.05, 3.63) is 29.6 Å². The van der Waals surface area contributed by atoms with E-state index in [4.69, 9.17) is 4.98 Å². The number of aromatic nitrogens is 4. The maximum Gasteiger partial charge on any atom is 0.210 e. The molecule has 23 heavy (non-hydrogen) atoms. The summed E-state index contributed by atoms with van der Waals surface area (Å²) in [7, 11) is 0. The fraction of sp³-hybridized carbons (Fsp3) is 0.500. The summed E-state index contributed by atoms with van der Waals surface area (Å²) in [6, 6.07) is 6.33. The molecule has 0 saturated heterocycles. The number of nitrogens with zero attached hydrogens (tertiary/aromatic N) is 4. The second-order valence-electron chi connectivity index (χ2n) is 6.54. The molecule has 1 N–H and O–H groups in total. The van der Waals surface area contributed by atoms with Crippen LogP contribution in [0.15, 0.2) is 18.2 Å². The van der Waals surface area contributed by atoms with Crippen molar-refractivity contribution in [3.8, 4) is 0 Å². The van der Waals surface area contributed by atoms with Gasteiger partial charge in [0.05, 0.1) is 5.52 Å². The third kappa shape index (κ3) is 2.44. The van der Waals surface area contributed by atoms with Crippen LogP contribution in [0.3, 0.4) is 0 Å². The van der Waals surface area contributed by atoms with Gasteiger partial charge in [-0.15, -0.1) is 10.2 Å². The van der Waals surface area contributed by atoms with Crippen molar-refractivity contribution in [2.75, 3.05) is 11.9 Å². The van der Waals surface area contributed by atoms with Crippen molar-refractivity contribution >= 4 is 22.5 Å². The van der Waals surface area contributed by atoms with Gasteiger partial charge in [-0.05, 0) is 38.8 Å². The van der Waals surface area contributed by atoms with Gasteiger partial charge in [0, 0.05) is 17.8 Å². The largest absolute Gasteiger partial charge is 0.356 e. The SMILES string of the molecule is CCNc1nc2ccc(C)cc2c2nnc(C3CCCCC3)n12. The van der Waals surface area contributed by atoms with E-state index in [-0.39, 0.29) is 0 Å². The Morgan fingerprint density at radius 3 is 2.78 bits per heavy atom. The lowest BCUT2D eigenvalue weighted by atomic mass is 9.89. The first-order chi connectivity index (χ1) is 11.3. The van der Waals surface area contributed by atoms with Gasteiger partial charge in [0.25, 0.3) is 0 Å². The molecule has 2 heterocycles. The minimum Gasteiger partial charge on any atom is -0.356 e. The van der Waals surface area contributed by atoms with Crippen molar-refractivity contribution < 1.29 is 0 Å². The highest BCUT2D eigenvalue weighted by Gasteiger charge is 2.23. The molecule has 0 radical (unpaired) electrons. The summed E-state index contributed by atoms with van der Waals surface area (Å²) in [6.45, 7) is 5.03. The average molecular weight is 309 g/mol. The third-order valence-corrected chi connectivity index (χ3v) is 4.82. The van der Waals surface area contributed by atoms with E-state index in [9.17, 15) is 0 Å². The van der Waals surface area contributed by atoms with E-state index in [2.05, 4.69) is 52.0 Å². The average Bonchev–Trinajstić information content (AvgIpc) is 3.02. The lowest BCUT2D eigenvalue weighted by molar-refractivity contribution is 0.426. The summed E-state index contributed by atoms with van der Waals surface area (Å²) >= 11 is 0. The standard InChI is InChI=1S/C18H23N5/c1-3-19-18-20-15-10-9-12(2)11-14(15)17-22-21-16(23(17)18)13-7-5-4-6-8-13/h9-11,13H,3-8H2,1-2H3,(H,19,20). The summed E-state index contributed by atoms with van der Waals surface area (Å²) in [4.78, 5) is 4.83. The van der Waals surface area contributed by atoms with Crippen molar-refractivity contribution in [1.82, 2.24) is 19.6 Å². The molecule has 1 saturated carbocycles. The highest BCUT2D eigenvalue weighted by Crippen LogP contribution is 2.34. The molecule has 0 spiro atoms. The molecule has 1 aliphatic rings. The number of hydrogen-bond acceptors (Lipinski definition) is 4. The molecule has 0 unspecified atom stereocenters. The van der Waals surface area contributed by atoms with Crippen LogP contribution in [-0.4, -0.2) is 26.1 Å². The first kappa shape index (κ1) is 14.4. The van der Waals surface area contributed by atoms with Crippen LogP contribution in [-0.2, 0) is 0 Å². The van der Waals surface area contributed by atoms with Gasteiger partial charge in [-0.25, -0.2) is 9.38 Å². The number of rotatable bonds is 3. The van der Waals surface area contributed by atoms with Gasteiger partial charge in [0.1, 0.15) is 5.82 Å². The van der Waals surface area contributed by atoms with Crippen molar-refractivity contribution in [2.24, 2.45) is 0 Å². The second kappa shape index (κ2) is 5.80. The van der Waals surface area contributed by atoms with Crippen molar-refractivity contribution in [1.29, 1.82) is 0 Å². The molecule has 3 aromatic rings. The van der Waals surface area contributed by atoms with E-state index in [1.807, 2.05) is 0 Å². The minimum absolute atomic E-state index is 0.500. The van der Waals surface area contributed by atoms with Crippen molar-refractivity contribution in [2.45, 2.75) is 51.9 Å². The summed E-state index contributed by atoms with van der Waals surface area (Å²) in [5, 5.41) is 13.6. The van der Waals surface area contributed by atoms with Crippen LogP contribution >= 0.6 is 0 Å². The molecular formula is C18H23N5. The molecule has 1 aromatic carbocycles. The Kier molecular flexibility index (Phi) is 3.63. The molecule has 120 valence electrons. The maximum atomic E-state index is 4.83. The van der Waals surface area contributed by atoms with Crippen LogP contribution in [0, 0.1) is 6.92 Å². The van der Waals surface area contributed by atoms with Gasteiger partial charge in [-0.1, -0.05) is 30.9 Å². The number of aryl methyl sites for hydroxylation is 1. The molecular weight excluding hydrogens is 286 g/mol. The van der Waals surface area contributed by atoms with Crippen LogP contribution in [0.4, 0.5) is 5.95 Å². The van der Waals surface area contributed by atoms with Crippen LogP contribution in [0.1, 0.15) is 56.3 Å². The quantitative estimate of drug-likeness (QED) is 0.792. The Morgan fingerprint density at radius 2 is 2.00 bits per heavy atom. The summed E-state index contributed by atoms with van der Waals surface area (Å²) in [6.07, 6.45) is 6.33.